The molecule has 0 aliphatic carbocycles. The van der Waals surface area contributed by atoms with Gasteiger partial charge in [0.1, 0.15) is 5.82 Å². The zero-order valence-corrected chi connectivity index (χ0v) is 17.8. The zero-order valence-electron chi connectivity index (χ0n) is 16.2. The van der Waals surface area contributed by atoms with Gasteiger partial charge in [-0.2, -0.15) is 0 Å². The topological polar surface area (TPSA) is 78.6 Å². The monoisotopic (exact) mass is 469 g/mol. The number of ketones is 1. The Morgan fingerprint density at radius 1 is 0.903 bits per heavy atom. The second-order valence-electron chi connectivity index (χ2n) is 7.10. The first-order valence-electron chi connectivity index (χ1n) is 9.68. The number of benzene rings is 3. The molecule has 0 unspecified atom stereocenters. The van der Waals surface area contributed by atoms with Gasteiger partial charge in [-0.3, -0.25) is 9.59 Å². The number of H-pyrrole nitrogens is 2. The molecular formula is C25H16BrN3O2. The van der Waals surface area contributed by atoms with E-state index < -0.39 is 5.56 Å². The van der Waals surface area contributed by atoms with Crippen LogP contribution in [-0.4, -0.2) is 20.7 Å². The van der Waals surface area contributed by atoms with Crippen LogP contribution in [0, 0.1) is 0 Å². The standard InChI is InChI=1S/C25H16BrN3O2/c26-16-10-11-18-17(14-16)23(15-6-2-1-3-7-15)24(25(31)29-18)21(30)12-13-22-27-19-8-4-5-9-20(19)28-22/h1-14H,(H,27,28)(H,29,31)/b13-12+. The van der Waals surface area contributed by atoms with Crippen molar-refractivity contribution in [3.05, 3.63) is 105 Å². The summed E-state index contributed by atoms with van der Waals surface area (Å²) in [4.78, 5) is 36.6. The van der Waals surface area contributed by atoms with Crippen LogP contribution in [0.3, 0.4) is 0 Å². The Morgan fingerprint density at radius 3 is 2.48 bits per heavy atom. The molecule has 0 atom stereocenters. The fourth-order valence-electron chi connectivity index (χ4n) is 3.69. The lowest BCUT2D eigenvalue weighted by Crippen LogP contribution is -2.18. The van der Waals surface area contributed by atoms with Crippen molar-refractivity contribution < 1.29 is 4.79 Å². The number of aromatic amines is 2. The number of carbonyl (C=O) groups excluding carboxylic acids is 1. The SMILES string of the molecule is O=C(/C=C/c1nc2ccccc2[nH]1)c1c(-c2ccccc2)c2cc(Br)ccc2[nH]c1=O. The highest BCUT2D eigenvalue weighted by atomic mass is 79.9. The molecule has 31 heavy (non-hydrogen) atoms. The zero-order chi connectivity index (χ0) is 21.4. The molecule has 0 spiro atoms. The fourth-order valence-corrected chi connectivity index (χ4v) is 4.06. The lowest BCUT2D eigenvalue weighted by atomic mass is 9.94. The average molecular weight is 470 g/mol. The summed E-state index contributed by atoms with van der Waals surface area (Å²) in [5.74, 6) is 0.165. The molecule has 6 heteroatoms. The number of nitrogens with one attached hydrogen (secondary N) is 2. The van der Waals surface area contributed by atoms with E-state index in [2.05, 4.69) is 30.9 Å². The molecule has 2 aromatic heterocycles. The molecule has 0 radical (unpaired) electrons. The molecule has 5 rings (SSSR count). The lowest BCUT2D eigenvalue weighted by Gasteiger charge is -2.11. The van der Waals surface area contributed by atoms with Gasteiger partial charge in [0.05, 0.1) is 16.6 Å². The normalized spacial score (nSPS) is 11.5. The van der Waals surface area contributed by atoms with E-state index in [4.69, 9.17) is 0 Å². The maximum atomic E-state index is 13.2. The lowest BCUT2D eigenvalue weighted by molar-refractivity contribution is 0.104. The van der Waals surface area contributed by atoms with Gasteiger partial charge in [0.2, 0.25) is 0 Å². The second-order valence-corrected chi connectivity index (χ2v) is 8.01. The van der Waals surface area contributed by atoms with Crippen molar-refractivity contribution in [3.63, 3.8) is 0 Å². The number of imidazole rings is 1. The number of nitrogens with zero attached hydrogens (tertiary/aromatic N) is 1. The van der Waals surface area contributed by atoms with E-state index in [0.717, 1.165) is 26.5 Å². The minimum atomic E-state index is -0.423. The Labute approximate surface area is 185 Å². The quantitative estimate of drug-likeness (QED) is 0.260. The Morgan fingerprint density at radius 2 is 1.68 bits per heavy atom. The van der Waals surface area contributed by atoms with E-state index in [0.29, 0.717) is 16.9 Å². The Bertz CT molecular complexity index is 1500. The maximum absolute atomic E-state index is 13.2. The van der Waals surface area contributed by atoms with E-state index >= 15 is 0 Å². The second kappa shape index (κ2) is 7.81. The van der Waals surface area contributed by atoms with Crippen LogP contribution >= 0.6 is 15.9 Å². The molecule has 3 aromatic carbocycles. The van der Waals surface area contributed by atoms with E-state index in [9.17, 15) is 9.59 Å². The van der Waals surface area contributed by atoms with Crippen molar-refractivity contribution in [2.75, 3.05) is 0 Å². The Kier molecular flexibility index (Phi) is 4.84. The van der Waals surface area contributed by atoms with Gasteiger partial charge in [-0.25, -0.2) is 4.98 Å². The van der Waals surface area contributed by atoms with Crippen molar-refractivity contribution in [2.24, 2.45) is 0 Å². The number of allylic oxidation sites excluding steroid dienone is 1. The van der Waals surface area contributed by atoms with Gasteiger partial charge < -0.3 is 9.97 Å². The number of hydrogen-bond acceptors (Lipinski definition) is 3. The Hall–Kier alpha value is -3.77. The summed E-state index contributed by atoms with van der Waals surface area (Å²) >= 11 is 3.49. The molecule has 0 bridgehead atoms. The van der Waals surface area contributed by atoms with Crippen LogP contribution in [0.25, 0.3) is 39.1 Å². The molecule has 0 amide bonds. The minimum Gasteiger partial charge on any atom is -0.338 e. The van der Waals surface area contributed by atoms with E-state index in [1.807, 2.05) is 72.8 Å². The van der Waals surface area contributed by atoms with Crippen LogP contribution in [-0.2, 0) is 0 Å². The van der Waals surface area contributed by atoms with Crippen LogP contribution in [0.1, 0.15) is 16.2 Å². The molecule has 0 fully saturated rings. The minimum absolute atomic E-state index is 0.101. The highest BCUT2D eigenvalue weighted by molar-refractivity contribution is 9.10. The summed E-state index contributed by atoms with van der Waals surface area (Å²) in [7, 11) is 0. The third-order valence-electron chi connectivity index (χ3n) is 5.09. The highest BCUT2D eigenvalue weighted by Gasteiger charge is 2.19. The molecular weight excluding hydrogens is 454 g/mol. The molecule has 0 aliphatic rings. The van der Waals surface area contributed by atoms with Crippen LogP contribution in [0.15, 0.2) is 88.1 Å². The van der Waals surface area contributed by atoms with Gasteiger partial charge in [-0.1, -0.05) is 58.4 Å². The van der Waals surface area contributed by atoms with Gasteiger partial charge >= 0.3 is 0 Å². The number of pyridine rings is 1. The highest BCUT2D eigenvalue weighted by Crippen LogP contribution is 2.31. The van der Waals surface area contributed by atoms with E-state index in [1.54, 1.807) is 6.08 Å². The summed E-state index contributed by atoms with van der Waals surface area (Å²) in [6.07, 6.45) is 2.99. The number of rotatable bonds is 4. The molecule has 2 N–H and O–H groups in total. The van der Waals surface area contributed by atoms with Crippen molar-refractivity contribution in [1.82, 2.24) is 15.0 Å². The van der Waals surface area contributed by atoms with Crippen molar-refractivity contribution in [3.8, 4) is 11.1 Å². The summed E-state index contributed by atoms with van der Waals surface area (Å²) in [6.45, 7) is 0. The van der Waals surface area contributed by atoms with Gasteiger partial charge in [0, 0.05) is 20.9 Å². The molecule has 0 aliphatic heterocycles. The van der Waals surface area contributed by atoms with Gasteiger partial charge in [0.25, 0.3) is 5.56 Å². The van der Waals surface area contributed by atoms with E-state index in [1.165, 1.54) is 6.08 Å². The Balaban J connectivity index is 1.67. The molecule has 150 valence electrons. The molecule has 5 nitrogen and oxygen atoms in total. The largest absolute Gasteiger partial charge is 0.338 e. The summed E-state index contributed by atoms with van der Waals surface area (Å²) < 4.78 is 0.862. The summed E-state index contributed by atoms with van der Waals surface area (Å²) in [5, 5.41) is 0.792. The summed E-state index contributed by atoms with van der Waals surface area (Å²) in [6, 6.07) is 22.7. The maximum Gasteiger partial charge on any atom is 0.260 e. The number of aromatic nitrogens is 3. The number of para-hydroxylation sites is 2. The van der Waals surface area contributed by atoms with Gasteiger partial charge in [0.15, 0.2) is 5.78 Å². The first-order chi connectivity index (χ1) is 15.1. The first-order valence-corrected chi connectivity index (χ1v) is 10.5. The molecule has 0 saturated heterocycles. The molecule has 0 saturated carbocycles. The smallest absolute Gasteiger partial charge is 0.260 e. The van der Waals surface area contributed by atoms with E-state index in [-0.39, 0.29) is 11.3 Å². The van der Waals surface area contributed by atoms with Crippen LogP contribution < -0.4 is 5.56 Å². The van der Waals surface area contributed by atoms with Crippen LogP contribution in [0.4, 0.5) is 0 Å². The number of fused-ring (bicyclic) bond motifs is 2. The average Bonchev–Trinajstić information content (AvgIpc) is 3.20. The van der Waals surface area contributed by atoms with Gasteiger partial charge in [-0.15, -0.1) is 0 Å². The fraction of sp³-hybridized carbons (Fsp3) is 0. The van der Waals surface area contributed by atoms with Crippen LogP contribution in [0.5, 0.6) is 0 Å². The number of carbonyl (C=O) groups is 1. The summed E-state index contributed by atoms with van der Waals surface area (Å²) in [5.41, 5.74) is 3.46. The van der Waals surface area contributed by atoms with Crippen molar-refractivity contribution >= 4 is 49.7 Å². The van der Waals surface area contributed by atoms with Crippen LogP contribution in [0.2, 0.25) is 0 Å². The number of hydrogen-bond donors (Lipinski definition) is 2. The third kappa shape index (κ3) is 3.62. The van der Waals surface area contributed by atoms with Crippen molar-refractivity contribution in [1.29, 1.82) is 0 Å². The first kappa shape index (κ1) is 19.2. The molecule has 5 aromatic rings. The molecule has 2 heterocycles. The van der Waals surface area contributed by atoms with Gasteiger partial charge in [-0.05, 0) is 48.0 Å². The number of halogens is 1. The predicted octanol–water partition coefficient (Wildman–Crippen LogP) is 5.73. The van der Waals surface area contributed by atoms with Crippen molar-refractivity contribution in [2.45, 2.75) is 0 Å². The predicted molar refractivity (Wildman–Crippen MR) is 127 cm³/mol. The third-order valence-corrected chi connectivity index (χ3v) is 5.58.